The number of ether oxygens (including phenoxy) is 1. The Labute approximate surface area is 380 Å². The first-order chi connectivity index (χ1) is 31.8. The van der Waals surface area contributed by atoms with Gasteiger partial charge in [0.15, 0.2) is 0 Å². The Hall–Kier alpha value is -7.93. The van der Waals surface area contributed by atoms with Gasteiger partial charge in [0.2, 0.25) is 0 Å². The Morgan fingerprint density at radius 1 is 0.431 bits per heavy atom. The lowest BCUT2D eigenvalue weighted by atomic mass is 10.0. The normalized spacial score (nSPS) is 12.0. The number of hydrogen-bond donors (Lipinski definition) is 0. The van der Waals surface area contributed by atoms with Crippen LogP contribution in [-0.4, -0.2) is 20.8 Å². The molecule has 0 spiro atoms. The van der Waals surface area contributed by atoms with E-state index in [1.807, 2.05) is 38.2 Å². The first-order valence-corrected chi connectivity index (χ1v) is 22.8. The lowest BCUT2D eigenvalue weighted by molar-refractivity contribution is 0.0551. The largest absolute Gasteiger partial charge is 0.443 e. The Balaban J connectivity index is 0.999. The van der Waals surface area contributed by atoms with Crippen LogP contribution in [0.4, 0.5) is 21.9 Å². The van der Waals surface area contributed by atoms with E-state index in [0.29, 0.717) is 0 Å². The standard InChI is InChI=1S/C59H43N3O2S/c1-59(2,3)64-58(63)62-53-33-26-41(34-49(53)51-37-54-50(36-55(51)62)46-18-10-12-20-52(46)61(54)42-16-8-5-9-17-42)40-24-29-44(30-25-40)60(43-27-22-39(23-28-43)38-14-6-4-7-15-38)45-31-32-48-47-19-11-13-21-56(47)65-57(48)35-45/h4-37H,1-3H3. The van der Waals surface area contributed by atoms with Gasteiger partial charge in [-0.05, 0) is 128 Å². The number of anilines is 3. The van der Waals surface area contributed by atoms with Crippen molar-refractivity contribution < 1.29 is 9.53 Å². The van der Waals surface area contributed by atoms with E-state index < -0.39 is 11.7 Å². The minimum Gasteiger partial charge on any atom is -0.443 e. The number of carbonyl (C=O) groups excluding carboxylic acids is 1. The molecule has 0 aliphatic heterocycles. The zero-order valence-corrected chi connectivity index (χ0v) is 37.0. The highest BCUT2D eigenvalue weighted by Gasteiger charge is 2.25. The third-order valence-electron chi connectivity index (χ3n) is 12.5. The van der Waals surface area contributed by atoms with Gasteiger partial charge < -0.3 is 14.2 Å². The first kappa shape index (κ1) is 38.7. The maximum absolute atomic E-state index is 14.2. The van der Waals surface area contributed by atoms with E-state index in [1.165, 1.54) is 31.3 Å². The number of benzene rings is 9. The van der Waals surface area contributed by atoms with Gasteiger partial charge in [0, 0.05) is 64.5 Å². The summed E-state index contributed by atoms with van der Waals surface area (Å²) in [4.78, 5) is 16.6. The fourth-order valence-corrected chi connectivity index (χ4v) is 10.7. The van der Waals surface area contributed by atoms with Crippen molar-refractivity contribution in [2.45, 2.75) is 26.4 Å². The van der Waals surface area contributed by atoms with Gasteiger partial charge in [-0.2, -0.15) is 0 Å². The molecule has 9 aromatic carbocycles. The topological polar surface area (TPSA) is 39.4 Å². The molecule has 12 rings (SSSR count). The molecule has 12 aromatic rings. The maximum atomic E-state index is 14.2. The van der Waals surface area contributed by atoms with Crippen molar-refractivity contribution in [2.24, 2.45) is 0 Å². The third kappa shape index (κ3) is 6.64. The highest BCUT2D eigenvalue weighted by molar-refractivity contribution is 7.25. The summed E-state index contributed by atoms with van der Waals surface area (Å²) in [7, 11) is 0. The fraction of sp³-hybridized carbons (Fsp3) is 0.0678. The molecule has 0 fully saturated rings. The molecule has 0 amide bonds. The van der Waals surface area contributed by atoms with Crippen molar-refractivity contribution in [3.8, 4) is 27.9 Å². The third-order valence-corrected chi connectivity index (χ3v) is 13.6. The molecular formula is C59H43N3O2S. The number of para-hydroxylation sites is 2. The predicted octanol–water partition coefficient (Wildman–Crippen LogP) is 16.8. The van der Waals surface area contributed by atoms with Crippen LogP contribution in [0, 0.1) is 0 Å². The zero-order valence-electron chi connectivity index (χ0n) is 36.2. The number of aromatic nitrogens is 2. The van der Waals surface area contributed by atoms with Crippen LogP contribution in [0.15, 0.2) is 206 Å². The van der Waals surface area contributed by atoms with Crippen LogP contribution in [0.3, 0.4) is 0 Å². The van der Waals surface area contributed by atoms with Gasteiger partial charge >= 0.3 is 6.09 Å². The van der Waals surface area contributed by atoms with Crippen molar-refractivity contribution in [1.82, 2.24) is 9.13 Å². The molecule has 0 atom stereocenters. The summed E-state index contributed by atoms with van der Waals surface area (Å²) in [6, 6.07) is 73.5. The molecule has 0 aliphatic carbocycles. The van der Waals surface area contributed by atoms with Gasteiger partial charge in [-0.25, -0.2) is 9.36 Å². The van der Waals surface area contributed by atoms with Crippen LogP contribution in [-0.2, 0) is 4.74 Å². The van der Waals surface area contributed by atoms with Crippen LogP contribution in [0.2, 0.25) is 0 Å². The number of fused-ring (bicyclic) bond motifs is 9. The van der Waals surface area contributed by atoms with Crippen LogP contribution in [0.1, 0.15) is 20.8 Å². The SMILES string of the molecule is CC(C)(C)OC(=O)n1c2ccc(-c3ccc(N(c4ccc(-c5ccccc5)cc4)c4ccc5c(c4)sc4ccccc45)cc3)cc2c2cc3c(cc21)c1ccccc1n3-c1ccccc1. The Morgan fingerprint density at radius 2 is 0.969 bits per heavy atom. The van der Waals surface area contributed by atoms with Crippen molar-refractivity contribution in [2.75, 3.05) is 4.90 Å². The van der Waals surface area contributed by atoms with Crippen LogP contribution < -0.4 is 4.90 Å². The number of carbonyl (C=O) groups is 1. The molecule has 0 bridgehead atoms. The Kier molecular flexibility index (Phi) is 9.00. The van der Waals surface area contributed by atoms with Gasteiger partial charge in [-0.15, -0.1) is 11.3 Å². The average Bonchev–Trinajstić information content (AvgIpc) is 3.98. The summed E-state index contributed by atoms with van der Waals surface area (Å²) in [6.45, 7) is 5.74. The second kappa shape index (κ2) is 15.1. The van der Waals surface area contributed by atoms with Gasteiger partial charge in [-0.1, -0.05) is 121 Å². The molecule has 312 valence electrons. The number of rotatable bonds is 6. The monoisotopic (exact) mass is 857 g/mol. The van der Waals surface area contributed by atoms with E-state index in [1.54, 1.807) is 4.57 Å². The summed E-state index contributed by atoms with van der Waals surface area (Å²) in [5.41, 5.74) is 12.0. The van der Waals surface area contributed by atoms with Gasteiger partial charge in [-0.3, -0.25) is 0 Å². The minimum absolute atomic E-state index is 0.397. The fourth-order valence-electron chi connectivity index (χ4n) is 9.56. The van der Waals surface area contributed by atoms with Crippen LogP contribution >= 0.6 is 11.3 Å². The quantitative estimate of drug-likeness (QED) is 0.167. The average molecular weight is 858 g/mol. The highest BCUT2D eigenvalue weighted by Crippen LogP contribution is 2.43. The summed E-state index contributed by atoms with van der Waals surface area (Å²) >= 11 is 1.83. The number of thiophene rings is 1. The molecule has 3 heterocycles. The second-order valence-electron chi connectivity index (χ2n) is 17.7. The molecular weight excluding hydrogens is 815 g/mol. The van der Waals surface area contributed by atoms with E-state index in [-0.39, 0.29) is 0 Å². The summed E-state index contributed by atoms with van der Waals surface area (Å²) in [5, 5.41) is 6.73. The van der Waals surface area contributed by atoms with E-state index in [9.17, 15) is 4.79 Å². The molecule has 3 aromatic heterocycles. The molecule has 0 unspecified atom stereocenters. The minimum atomic E-state index is -0.670. The molecule has 0 aliphatic rings. The summed E-state index contributed by atoms with van der Waals surface area (Å²) in [6.07, 6.45) is -0.397. The Morgan fingerprint density at radius 3 is 1.69 bits per heavy atom. The lowest BCUT2D eigenvalue weighted by Crippen LogP contribution is -2.27. The molecule has 6 heteroatoms. The number of hydrogen-bond acceptors (Lipinski definition) is 4. The van der Waals surface area contributed by atoms with Crippen molar-refractivity contribution in [3.63, 3.8) is 0 Å². The molecule has 65 heavy (non-hydrogen) atoms. The maximum Gasteiger partial charge on any atom is 0.419 e. The van der Waals surface area contributed by atoms with Crippen LogP contribution in [0.5, 0.6) is 0 Å². The summed E-state index contributed by atoms with van der Waals surface area (Å²) in [5.74, 6) is 0. The summed E-state index contributed by atoms with van der Waals surface area (Å²) < 4.78 is 12.7. The second-order valence-corrected chi connectivity index (χ2v) is 18.8. The van der Waals surface area contributed by atoms with Gasteiger partial charge in [0.05, 0.1) is 22.1 Å². The van der Waals surface area contributed by atoms with Gasteiger partial charge in [0.25, 0.3) is 0 Å². The van der Waals surface area contributed by atoms with Crippen LogP contribution in [0.25, 0.3) is 91.7 Å². The molecule has 5 nitrogen and oxygen atoms in total. The molecule has 0 N–H and O–H groups in total. The smallest absolute Gasteiger partial charge is 0.419 e. The van der Waals surface area contributed by atoms with E-state index in [4.69, 9.17) is 4.74 Å². The van der Waals surface area contributed by atoms with Crippen molar-refractivity contribution in [1.29, 1.82) is 0 Å². The van der Waals surface area contributed by atoms with Crippen molar-refractivity contribution in [3.05, 3.63) is 206 Å². The van der Waals surface area contributed by atoms with Gasteiger partial charge in [0.1, 0.15) is 5.60 Å². The van der Waals surface area contributed by atoms with Crippen molar-refractivity contribution >= 4 is 98.3 Å². The molecule has 0 radical (unpaired) electrons. The first-order valence-electron chi connectivity index (χ1n) is 22.0. The predicted molar refractivity (Wildman–Crippen MR) is 274 cm³/mol. The van der Waals surface area contributed by atoms with E-state index >= 15 is 0 Å². The molecule has 0 saturated heterocycles. The zero-order chi connectivity index (χ0) is 43.8. The Bertz CT molecular complexity index is 3780. The number of nitrogens with zero attached hydrogens (tertiary/aromatic N) is 3. The van der Waals surface area contributed by atoms with E-state index in [0.717, 1.165) is 77.5 Å². The van der Waals surface area contributed by atoms with E-state index in [2.05, 4.69) is 210 Å². The lowest BCUT2D eigenvalue weighted by Gasteiger charge is -2.26. The molecule has 0 saturated carbocycles. The highest BCUT2D eigenvalue weighted by atomic mass is 32.1.